The van der Waals surface area contributed by atoms with Gasteiger partial charge in [-0.3, -0.25) is 34.6 Å². The molecule has 9 rings (SSSR count). The van der Waals surface area contributed by atoms with Crippen molar-refractivity contribution < 1.29 is 33.4 Å². The highest BCUT2D eigenvalue weighted by molar-refractivity contribution is 6.02. The first-order chi connectivity index (χ1) is 36.3. The van der Waals surface area contributed by atoms with Gasteiger partial charge in [-0.1, -0.05) is 62.7 Å². The molecule has 4 aliphatic rings. The quantitative estimate of drug-likeness (QED) is 0.0433. The van der Waals surface area contributed by atoms with Gasteiger partial charge in [-0.15, -0.1) is 0 Å². The zero-order valence-electron chi connectivity index (χ0n) is 43.2. The molecule has 4 fully saturated rings. The van der Waals surface area contributed by atoms with Crippen LogP contribution in [0.4, 0.5) is 0 Å². The fourth-order valence-corrected chi connectivity index (χ4v) is 11.9. The number of carbonyl (C=O) groups is 5. The first-order valence-electron chi connectivity index (χ1n) is 26.4. The molecule has 1 spiro atoms. The predicted octanol–water partition coefficient (Wildman–Crippen LogP) is 5.85. The zero-order chi connectivity index (χ0) is 52.8. The Labute approximate surface area is 437 Å². The average Bonchev–Trinajstić information content (AvgIpc) is 4.27. The molecule has 5 unspecified atom stereocenters. The third kappa shape index (κ3) is 11.6. The van der Waals surface area contributed by atoms with Gasteiger partial charge < -0.3 is 45.2 Å². The average molecular weight is 1020 g/mol. The largest absolute Gasteiger partial charge is 0.496 e. The lowest BCUT2D eigenvalue weighted by Crippen LogP contribution is -2.57. The Hall–Kier alpha value is -7.41. The topological polar surface area (TPSA) is 250 Å². The van der Waals surface area contributed by atoms with Gasteiger partial charge in [0.05, 0.1) is 44.5 Å². The van der Waals surface area contributed by atoms with E-state index in [1.165, 1.54) is 0 Å². The maximum atomic E-state index is 14.5. The highest BCUT2D eigenvalue weighted by atomic mass is 16.5. The molecule has 3 aliphatic heterocycles. The van der Waals surface area contributed by atoms with Crippen LogP contribution in [0.5, 0.6) is 11.5 Å². The van der Waals surface area contributed by atoms with E-state index in [1.807, 2.05) is 85.5 Å². The van der Waals surface area contributed by atoms with Gasteiger partial charge >= 0.3 is 0 Å². The fraction of sp³-hybridized carbons (Fsp3) is 0.491. The number of aromatic amines is 2. The molecule has 394 valence electrons. The summed E-state index contributed by atoms with van der Waals surface area (Å²) in [4.78, 5) is 80.0. The van der Waals surface area contributed by atoms with Crippen LogP contribution in [0.1, 0.15) is 104 Å². The molecule has 0 radical (unpaired) electrons. The van der Waals surface area contributed by atoms with Crippen molar-refractivity contribution in [2.24, 2.45) is 23.2 Å². The van der Waals surface area contributed by atoms with Gasteiger partial charge in [0, 0.05) is 72.4 Å². The highest BCUT2D eigenvalue weighted by Gasteiger charge is 2.49. The van der Waals surface area contributed by atoms with E-state index in [1.54, 1.807) is 31.3 Å². The van der Waals surface area contributed by atoms with Crippen LogP contribution in [0.25, 0.3) is 21.8 Å². The van der Waals surface area contributed by atoms with Crippen LogP contribution in [-0.2, 0) is 14.4 Å². The molecule has 7 N–H and O–H groups in total. The lowest BCUT2D eigenvalue weighted by atomic mass is 9.67. The van der Waals surface area contributed by atoms with Crippen molar-refractivity contribution >= 4 is 51.3 Å². The van der Waals surface area contributed by atoms with Crippen molar-refractivity contribution in [3.05, 3.63) is 95.8 Å². The van der Waals surface area contributed by atoms with Gasteiger partial charge in [0.2, 0.25) is 17.7 Å². The molecule has 18 nitrogen and oxygen atoms in total. The molecule has 0 bridgehead atoms. The molecule has 1 saturated carbocycles. The van der Waals surface area contributed by atoms with E-state index in [9.17, 15) is 34.5 Å². The van der Waals surface area contributed by atoms with Crippen molar-refractivity contribution in [1.82, 2.24) is 46.4 Å². The Balaban J connectivity index is 0.870. The molecule has 3 aromatic carbocycles. The third-order valence-electron chi connectivity index (χ3n) is 16.0. The molecule has 8 atom stereocenters. The van der Waals surface area contributed by atoms with Gasteiger partial charge in [0.15, 0.2) is 0 Å². The number of nitrogens with one attached hydrogen (secondary N) is 7. The number of ether oxygens (including phenoxy) is 2. The summed E-state index contributed by atoms with van der Waals surface area (Å²) in [6.07, 6.45) is 5.92. The van der Waals surface area contributed by atoms with Crippen LogP contribution >= 0.6 is 0 Å². The summed E-state index contributed by atoms with van der Waals surface area (Å²) in [6, 6.07) is 24.8. The number of rotatable bonds is 22. The van der Waals surface area contributed by atoms with E-state index in [0.29, 0.717) is 74.6 Å². The second-order valence-electron chi connectivity index (χ2n) is 21.5. The van der Waals surface area contributed by atoms with Crippen molar-refractivity contribution in [1.29, 1.82) is 10.5 Å². The van der Waals surface area contributed by atoms with Crippen molar-refractivity contribution in [3.8, 4) is 23.6 Å². The lowest BCUT2D eigenvalue weighted by Gasteiger charge is -2.37. The van der Waals surface area contributed by atoms with E-state index < -0.39 is 53.9 Å². The molecule has 1 aliphatic carbocycles. The number of carbonyl (C=O) groups excluding carboxylic acids is 5. The maximum absolute atomic E-state index is 14.5. The summed E-state index contributed by atoms with van der Waals surface area (Å²) in [7, 11) is 3.17. The second kappa shape index (κ2) is 23.0. The van der Waals surface area contributed by atoms with E-state index in [2.05, 4.69) is 48.7 Å². The van der Waals surface area contributed by atoms with Crippen molar-refractivity contribution in [2.75, 3.05) is 46.9 Å². The molecular formula is C57H69N11O7. The fourth-order valence-electron chi connectivity index (χ4n) is 11.9. The van der Waals surface area contributed by atoms with Gasteiger partial charge in [-0.05, 0) is 105 Å². The molecule has 75 heavy (non-hydrogen) atoms. The second-order valence-corrected chi connectivity index (χ2v) is 21.5. The minimum atomic E-state index is -1.02. The summed E-state index contributed by atoms with van der Waals surface area (Å²) >= 11 is 0. The smallest absolute Gasteiger partial charge is 0.270 e. The van der Waals surface area contributed by atoms with E-state index >= 15 is 0 Å². The number of amides is 5. The molecule has 5 aromatic rings. The Morgan fingerprint density at radius 1 is 0.840 bits per heavy atom. The number of H-pyrrole nitrogens is 2. The zero-order valence-corrected chi connectivity index (χ0v) is 43.2. The number of fused-ring (bicyclic) bond motifs is 2. The molecule has 5 heterocycles. The lowest BCUT2D eigenvalue weighted by molar-refractivity contribution is -0.131. The highest BCUT2D eigenvalue weighted by Crippen LogP contribution is 2.50. The number of aromatic nitrogens is 2. The van der Waals surface area contributed by atoms with Crippen LogP contribution in [-0.4, -0.2) is 126 Å². The number of nitrogens with zero attached hydrogens (tertiary/aromatic N) is 4. The normalized spacial score (nSPS) is 21.0. The number of methoxy groups -OCH3 is 2. The van der Waals surface area contributed by atoms with Crippen LogP contribution in [0.2, 0.25) is 0 Å². The Morgan fingerprint density at radius 2 is 1.53 bits per heavy atom. The van der Waals surface area contributed by atoms with E-state index in [0.717, 1.165) is 47.5 Å². The van der Waals surface area contributed by atoms with Crippen LogP contribution in [0, 0.1) is 45.8 Å². The summed E-state index contributed by atoms with van der Waals surface area (Å²) in [5.74, 6) is -0.916. The van der Waals surface area contributed by atoms with E-state index in [4.69, 9.17) is 9.47 Å². The Bertz CT molecular complexity index is 2970. The van der Waals surface area contributed by atoms with Crippen molar-refractivity contribution in [2.45, 2.75) is 108 Å². The SMILES string of the molecule is COc1cccc2[nH]c(C(=O)NC(CC(C)C)C(=O)NC(CC3CCNC3=O)C(C#N)NC(CN3CC[C@@H](C[C@@H](C#N)NC[C@@H]4CC5(CCC5)CN4C(=O)c4cc5c(OC)cccc5[nH]4)C3=O)c3ccccc3)cc12. The molecule has 18 heteroatoms. The van der Waals surface area contributed by atoms with Crippen LogP contribution in [0.3, 0.4) is 0 Å². The maximum Gasteiger partial charge on any atom is 0.270 e. The Kier molecular flexibility index (Phi) is 16.1. The van der Waals surface area contributed by atoms with Crippen LogP contribution < -0.4 is 36.1 Å². The summed E-state index contributed by atoms with van der Waals surface area (Å²) in [6.45, 7) is 6.10. The monoisotopic (exact) mass is 1020 g/mol. The number of hydrogen-bond donors (Lipinski definition) is 7. The van der Waals surface area contributed by atoms with Gasteiger partial charge in [-0.2, -0.15) is 10.5 Å². The third-order valence-corrected chi connectivity index (χ3v) is 16.0. The molecular weight excluding hydrogens is 951 g/mol. The number of likely N-dealkylation sites (tertiary alicyclic amines) is 2. The number of nitriles is 2. The summed E-state index contributed by atoms with van der Waals surface area (Å²) in [5, 5.41) is 38.8. The minimum Gasteiger partial charge on any atom is -0.496 e. The minimum absolute atomic E-state index is 0.00608. The first-order valence-corrected chi connectivity index (χ1v) is 26.4. The Morgan fingerprint density at radius 3 is 2.15 bits per heavy atom. The number of benzene rings is 3. The van der Waals surface area contributed by atoms with Gasteiger partial charge in [-0.25, -0.2) is 0 Å². The summed E-state index contributed by atoms with van der Waals surface area (Å²) in [5.41, 5.74) is 3.17. The van der Waals surface area contributed by atoms with Gasteiger partial charge in [0.1, 0.15) is 35.0 Å². The first kappa shape index (κ1) is 52.5. The van der Waals surface area contributed by atoms with E-state index in [-0.39, 0.29) is 53.8 Å². The molecule has 3 saturated heterocycles. The molecule has 5 amide bonds. The van der Waals surface area contributed by atoms with Crippen molar-refractivity contribution in [3.63, 3.8) is 0 Å². The number of hydrogen-bond acceptors (Lipinski definition) is 11. The standard InChI is InChI=1S/C57H69N11O7/c1-34(2)23-45(66-54(71)46-26-40-42(62-46)13-8-15-50(40)74-3)53(70)65-44(25-36-17-21-60-52(36)69)48(30-59)64-49(35-11-6-5-7-12-35)32-67-22-18-37(55(67)72)24-38(29-58)61-31-39-28-57(19-10-20-57)33-68(39)56(73)47-27-41-43(63-47)14-9-16-51(41)75-4/h5-9,11-16,26-27,34,36-39,44-45,48-49,61-64H,10,17-25,28,31-33H2,1-4H3,(H,60,69)(H,65,70)(H,66,71)/t36?,37-,38-,39-,44?,45?,48?,49?/m0/s1. The predicted molar refractivity (Wildman–Crippen MR) is 282 cm³/mol. The molecule has 2 aromatic heterocycles. The van der Waals surface area contributed by atoms with Gasteiger partial charge in [0.25, 0.3) is 11.8 Å². The summed E-state index contributed by atoms with van der Waals surface area (Å²) < 4.78 is 11.0. The van der Waals surface area contributed by atoms with Crippen LogP contribution in [0.15, 0.2) is 78.9 Å².